The number of aliphatic hydroxyl groups is 1. The molecule has 1 aromatic heterocycles. The molecule has 3 rings (SSSR count). The van der Waals surface area contributed by atoms with E-state index in [-0.39, 0.29) is 0 Å². The summed E-state index contributed by atoms with van der Waals surface area (Å²) in [5.41, 5.74) is 2.46. The molecule has 29 heavy (non-hydrogen) atoms. The van der Waals surface area contributed by atoms with E-state index in [1.165, 1.54) is 11.1 Å². The molecule has 2 aromatic rings. The predicted molar refractivity (Wildman–Crippen MR) is 119 cm³/mol. The van der Waals surface area contributed by atoms with Crippen molar-refractivity contribution in [3.63, 3.8) is 0 Å². The Morgan fingerprint density at radius 1 is 1.24 bits per heavy atom. The van der Waals surface area contributed by atoms with E-state index in [0.717, 1.165) is 45.0 Å². The minimum absolute atomic E-state index is 0.395. The van der Waals surface area contributed by atoms with Crippen molar-refractivity contribution in [3.05, 3.63) is 57.8 Å². The number of guanidine groups is 1. The maximum absolute atomic E-state index is 10.7. The highest BCUT2D eigenvalue weighted by molar-refractivity contribution is 7.08. The molecule has 1 aliphatic rings. The zero-order valence-electron chi connectivity index (χ0n) is 17.4. The Balaban J connectivity index is 1.58. The van der Waals surface area contributed by atoms with E-state index in [9.17, 15) is 5.11 Å². The van der Waals surface area contributed by atoms with Gasteiger partial charge in [-0.1, -0.05) is 24.3 Å². The molecule has 0 radical (unpaired) electrons. The number of aliphatic imine (C=N–C) groups is 1. The quantitative estimate of drug-likeness (QED) is 0.456. The monoisotopic (exact) mass is 416 g/mol. The molecule has 7 heteroatoms. The fraction of sp³-hybridized carbons (Fsp3) is 0.500. The lowest BCUT2D eigenvalue weighted by molar-refractivity contribution is 0.0342. The first-order chi connectivity index (χ1) is 14.1. The molecule has 0 bridgehead atoms. The summed E-state index contributed by atoms with van der Waals surface area (Å²) in [5.74, 6) is 0.710. The van der Waals surface area contributed by atoms with Gasteiger partial charge in [0.15, 0.2) is 5.96 Å². The van der Waals surface area contributed by atoms with Gasteiger partial charge in [-0.05, 0) is 47.4 Å². The van der Waals surface area contributed by atoms with Crippen LogP contribution in [0.3, 0.4) is 0 Å². The molecule has 3 N–H and O–H groups in total. The smallest absolute Gasteiger partial charge is 0.191 e. The Labute approximate surface area is 177 Å². The van der Waals surface area contributed by atoms with Crippen LogP contribution in [0.4, 0.5) is 0 Å². The molecule has 1 atom stereocenters. The minimum Gasteiger partial charge on any atom is -0.384 e. The molecule has 1 unspecified atom stereocenters. The second-order valence-corrected chi connectivity index (χ2v) is 8.32. The van der Waals surface area contributed by atoms with Gasteiger partial charge in [0.1, 0.15) is 5.60 Å². The number of nitrogens with one attached hydrogen (secondary N) is 2. The molecular weight excluding hydrogens is 384 g/mol. The molecule has 0 aliphatic carbocycles. The third-order valence-electron chi connectivity index (χ3n) is 5.01. The van der Waals surface area contributed by atoms with Gasteiger partial charge in [0.25, 0.3) is 0 Å². The molecule has 1 aromatic carbocycles. The average Bonchev–Trinajstić information content (AvgIpc) is 3.27. The van der Waals surface area contributed by atoms with E-state index < -0.39 is 5.60 Å². The highest BCUT2D eigenvalue weighted by atomic mass is 32.1. The van der Waals surface area contributed by atoms with E-state index in [0.29, 0.717) is 19.0 Å². The summed E-state index contributed by atoms with van der Waals surface area (Å²) in [5, 5.41) is 21.2. The summed E-state index contributed by atoms with van der Waals surface area (Å²) in [4.78, 5) is 7.13. The summed E-state index contributed by atoms with van der Waals surface area (Å²) in [6.07, 6.45) is 0. The largest absolute Gasteiger partial charge is 0.384 e. The molecular formula is C22H32N4O2S. The van der Waals surface area contributed by atoms with Crippen LogP contribution in [0.5, 0.6) is 0 Å². The van der Waals surface area contributed by atoms with Gasteiger partial charge in [-0.15, -0.1) is 0 Å². The third kappa shape index (κ3) is 6.82. The third-order valence-corrected chi connectivity index (χ3v) is 5.69. The molecule has 0 amide bonds. The van der Waals surface area contributed by atoms with Crippen LogP contribution >= 0.6 is 11.3 Å². The molecule has 2 heterocycles. The van der Waals surface area contributed by atoms with Gasteiger partial charge in [-0.2, -0.15) is 11.3 Å². The van der Waals surface area contributed by atoms with Crippen molar-refractivity contribution in [2.45, 2.75) is 32.5 Å². The van der Waals surface area contributed by atoms with Crippen LogP contribution in [0.2, 0.25) is 0 Å². The van der Waals surface area contributed by atoms with Crippen LogP contribution in [0, 0.1) is 0 Å². The number of morpholine rings is 1. The zero-order valence-corrected chi connectivity index (χ0v) is 18.2. The second kappa shape index (κ2) is 10.7. The van der Waals surface area contributed by atoms with Crippen molar-refractivity contribution < 1.29 is 9.84 Å². The first-order valence-corrected chi connectivity index (χ1v) is 11.2. The van der Waals surface area contributed by atoms with E-state index in [4.69, 9.17) is 9.73 Å². The lowest BCUT2D eigenvalue weighted by Gasteiger charge is -2.26. The van der Waals surface area contributed by atoms with E-state index in [1.807, 2.05) is 30.7 Å². The summed E-state index contributed by atoms with van der Waals surface area (Å²) in [6, 6.07) is 10.6. The van der Waals surface area contributed by atoms with Crippen LogP contribution in [-0.4, -0.2) is 55.4 Å². The molecule has 0 spiro atoms. The Hall–Kier alpha value is -1.93. The van der Waals surface area contributed by atoms with Crippen LogP contribution in [0.25, 0.3) is 0 Å². The first-order valence-electron chi connectivity index (χ1n) is 10.2. The number of rotatable bonds is 8. The number of thiophene rings is 1. The summed E-state index contributed by atoms with van der Waals surface area (Å²) < 4.78 is 5.43. The standard InChI is InChI=1S/C22H32N4O2S/c1-3-23-21(25-17-22(2,27)20-7-12-29-16-20)24-14-18-5-4-6-19(13-18)15-26-8-10-28-11-9-26/h4-7,12-13,16,27H,3,8-11,14-15,17H2,1-2H3,(H2,23,24,25). The van der Waals surface area contributed by atoms with Gasteiger partial charge in [0, 0.05) is 26.2 Å². The van der Waals surface area contributed by atoms with Crippen molar-refractivity contribution in [1.29, 1.82) is 0 Å². The highest BCUT2D eigenvalue weighted by Crippen LogP contribution is 2.22. The Kier molecular flexibility index (Phi) is 8.06. The SMILES string of the molecule is CCNC(=NCc1cccc(CN2CCOCC2)c1)NCC(C)(O)c1ccsc1. The summed E-state index contributed by atoms with van der Waals surface area (Å²) in [6.45, 7) is 10.2. The highest BCUT2D eigenvalue weighted by Gasteiger charge is 2.23. The van der Waals surface area contributed by atoms with Crippen molar-refractivity contribution in [1.82, 2.24) is 15.5 Å². The lowest BCUT2D eigenvalue weighted by atomic mass is 9.99. The Morgan fingerprint density at radius 2 is 2.03 bits per heavy atom. The number of benzene rings is 1. The maximum Gasteiger partial charge on any atom is 0.191 e. The van der Waals surface area contributed by atoms with Gasteiger partial charge in [-0.3, -0.25) is 4.90 Å². The number of hydrogen-bond acceptors (Lipinski definition) is 5. The molecule has 1 saturated heterocycles. The van der Waals surface area contributed by atoms with Crippen molar-refractivity contribution >= 4 is 17.3 Å². The first kappa shape index (κ1) is 21.8. The van der Waals surface area contributed by atoms with E-state index >= 15 is 0 Å². The van der Waals surface area contributed by atoms with Gasteiger partial charge in [0.05, 0.1) is 26.3 Å². The molecule has 1 fully saturated rings. The topological polar surface area (TPSA) is 69.1 Å². The molecule has 6 nitrogen and oxygen atoms in total. The lowest BCUT2D eigenvalue weighted by Crippen LogP contribution is -2.44. The van der Waals surface area contributed by atoms with Gasteiger partial charge in [-0.25, -0.2) is 4.99 Å². The molecule has 158 valence electrons. The zero-order chi connectivity index (χ0) is 20.5. The van der Waals surface area contributed by atoms with Crippen LogP contribution in [0.15, 0.2) is 46.1 Å². The normalized spacial score (nSPS) is 17.7. The Bertz CT molecular complexity index is 771. The summed E-state index contributed by atoms with van der Waals surface area (Å²) >= 11 is 1.59. The fourth-order valence-electron chi connectivity index (χ4n) is 3.28. The summed E-state index contributed by atoms with van der Waals surface area (Å²) in [7, 11) is 0. The van der Waals surface area contributed by atoms with E-state index in [2.05, 4.69) is 39.8 Å². The maximum atomic E-state index is 10.7. The van der Waals surface area contributed by atoms with Crippen LogP contribution < -0.4 is 10.6 Å². The van der Waals surface area contributed by atoms with Crippen LogP contribution in [0.1, 0.15) is 30.5 Å². The minimum atomic E-state index is -0.936. The second-order valence-electron chi connectivity index (χ2n) is 7.54. The number of hydrogen-bond donors (Lipinski definition) is 3. The van der Waals surface area contributed by atoms with Crippen LogP contribution in [-0.2, 0) is 23.4 Å². The molecule has 0 saturated carbocycles. The Morgan fingerprint density at radius 3 is 2.76 bits per heavy atom. The number of nitrogens with zero attached hydrogens (tertiary/aromatic N) is 2. The van der Waals surface area contributed by atoms with Crippen molar-refractivity contribution in [3.8, 4) is 0 Å². The van der Waals surface area contributed by atoms with Gasteiger partial charge >= 0.3 is 0 Å². The van der Waals surface area contributed by atoms with Crippen molar-refractivity contribution in [2.75, 3.05) is 39.4 Å². The fourth-order valence-corrected chi connectivity index (χ4v) is 4.07. The predicted octanol–water partition coefficient (Wildman–Crippen LogP) is 2.54. The van der Waals surface area contributed by atoms with Gasteiger partial charge in [0.2, 0.25) is 0 Å². The van der Waals surface area contributed by atoms with E-state index in [1.54, 1.807) is 11.3 Å². The van der Waals surface area contributed by atoms with Crippen molar-refractivity contribution in [2.24, 2.45) is 4.99 Å². The van der Waals surface area contributed by atoms with Gasteiger partial charge < -0.3 is 20.5 Å². The number of ether oxygens (including phenoxy) is 1. The average molecular weight is 417 g/mol. The molecule has 1 aliphatic heterocycles.